The number of hydrogen-bond donors (Lipinski definition) is 1. The minimum atomic E-state index is -0.799. The number of amides is 4. The lowest BCUT2D eigenvalue weighted by Crippen LogP contribution is -2.51. The molecule has 1 aliphatic carbocycles. The van der Waals surface area contributed by atoms with E-state index in [0.29, 0.717) is 36.4 Å². The average molecular weight is 550 g/mol. The molecule has 8 heteroatoms. The molecule has 1 saturated heterocycles. The van der Waals surface area contributed by atoms with Crippen LogP contribution in [-0.2, 0) is 32.1 Å². The van der Waals surface area contributed by atoms with E-state index in [1.165, 1.54) is 4.90 Å². The summed E-state index contributed by atoms with van der Waals surface area (Å²) in [5.74, 6) is -1.44. The number of nitrogens with one attached hydrogen (secondary N) is 1. The molecule has 0 radical (unpaired) electrons. The van der Waals surface area contributed by atoms with E-state index in [0.717, 1.165) is 5.56 Å². The van der Waals surface area contributed by atoms with Crippen molar-refractivity contribution in [3.8, 4) is 0 Å². The maximum absolute atomic E-state index is 13.9. The molecule has 2 aliphatic rings. The van der Waals surface area contributed by atoms with Gasteiger partial charge in [-0.3, -0.25) is 24.1 Å². The zero-order valence-corrected chi connectivity index (χ0v) is 23.3. The third-order valence-corrected chi connectivity index (χ3v) is 7.77. The molecule has 0 saturated carbocycles. The highest BCUT2D eigenvalue weighted by molar-refractivity contribution is 6.31. The Morgan fingerprint density at radius 1 is 0.974 bits per heavy atom. The van der Waals surface area contributed by atoms with Crippen molar-refractivity contribution in [1.82, 2.24) is 15.1 Å². The Labute approximate surface area is 235 Å². The highest BCUT2D eigenvalue weighted by atomic mass is 35.5. The van der Waals surface area contributed by atoms with Crippen LogP contribution in [-0.4, -0.2) is 52.6 Å². The summed E-state index contributed by atoms with van der Waals surface area (Å²) in [4.78, 5) is 56.1. The van der Waals surface area contributed by atoms with Crippen LogP contribution in [0.1, 0.15) is 44.2 Å². The Hall–Kier alpha value is -3.45. The Bertz CT molecular complexity index is 1200. The number of halogens is 1. The van der Waals surface area contributed by atoms with Crippen molar-refractivity contribution < 1.29 is 19.2 Å². The van der Waals surface area contributed by atoms with Crippen LogP contribution in [0.2, 0.25) is 5.02 Å². The number of allylic oxidation sites excluding steroid dienone is 2. The van der Waals surface area contributed by atoms with Crippen LogP contribution in [0.15, 0.2) is 66.7 Å². The summed E-state index contributed by atoms with van der Waals surface area (Å²) in [6, 6.07) is 16.0. The minimum Gasteiger partial charge on any atom is -0.354 e. The molecule has 206 valence electrons. The topological polar surface area (TPSA) is 86.8 Å². The first-order valence-electron chi connectivity index (χ1n) is 13.6. The summed E-state index contributed by atoms with van der Waals surface area (Å²) < 4.78 is 0. The van der Waals surface area contributed by atoms with Crippen LogP contribution in [0.5, 0.6) is 0 Å². The predicted molar refractivity (Wildman–Crippen MR) is 150 cm³/mol. The maximum Gasteiger partial charge on any atom is 0.243 e. The zero-order valence-electron chi connectivity index (χ0n) is 22.5. The van der Waals surface area contributed by atoms with Gasteiger partial charge in [-0.15, -0.1) is 0 Å². The molecule has 1 fully saturated rings. The van der Waals surface area contributed by atoms with Gasteiger partial charge in [0, 0.05) is 37.5 Å². The number of hydrogen-bond acceptors (Lipinski definition) is 4. The third-order valence-electron chi connectivity index (χ3n) is 7.40. The van der Waals surface area contributed by atoms with E-state index in [1.54, 1.807) is 11.0 Å². The van der Waals surface area contributed by atoms with Crippen LogP contribution >= 0.6 is 11.6 Å². The number of carbonyl (C=O) groups excluding carboxylic acids is 4. The highest BCUT2D eigenvalue weighted by Crippen LogP contribution is 2.35. The van der Waals surface area contributed by atoms with Crippen molar-refractivity contribution in [3.05, 3.63) is 82.9 Å². The number of imide groups is 1. The molecular formula is C31H36ClN3O4. The van der Waals surface area contributed by atoms with Crippen molar-refractivity contribution in [2.75, 3.05) is 13.1 Å². The molecule has 2 aromatic carbocycles. The molecule has 4 rings (SSSR count). The fourth-order valence-electron chi connectivity index (χ4n) is 5.23. The lowest BCUT2D eigenvalue weighted by atomic mass is 9.85. The second-order valence-electron chi connectivity index (χ2n) is 10.7. The standard InChI is InChI=1S/C31H36ClN3O4/c1-21(2)19-33-29(37)27(18-22-10-4-3-5-11-22)35(20-23-12-6-9-15-26(23)32)28(36)16-17-34-30(38)24-13-7-8-14-25(24)31(34)39/h3-12,15,21,24-25,27H,13-14,16-20H2,1-2H3,(H,33,37)/t24-,25+,27-/m0/s1. The van der Waals surface area contributed by atoms with Crippen LogP contribution < -0.4 is 5.32 Å². The number of rotatable bonds is 11. The molecule has 4 amide bonds. The van der Waals surface area contributed by atoms with Gasteiger partial charge >= 0.3 is 0 Å². The quantitative estimate of drug-likeness (QED) is 0.332. The second-order valence-corrected chi connectivity index (χ2v) is 11.1. The van der Waals surface area contributed by atoms with E-state index in [2.05, 4.69) is 5.32 Å². The fourth-order valence-corrected chi connectivity index (χ4v) is 5.42. The van der Waals surface area contributed by atoms with Gasteiger partial charge in [-0.05, 0) is 36.0 Å². The molecular weight excluding hydrogens is 514 g/mol. The Morgan fingerprint density at radius 2 is 1.59 bits per heavy atom. The minimum absolute atomic E-state index is 0.00576. The molecule has 7 nitrogen and oxygen atoms in total. The summed E-state index contributed by atoms with van der Waals surface area (Å²) >= 11 is 6.47. The largest absolute Gasteiger partial charge is 0.354 e. The van der Waals surface area contributed by atoms with Crippen LogP contribution in [0.3, 0.4) is 0 Å². The van der Waals surface area contributed by atoms with Gasteiger partial charge < -0.3 is 10.2 Å². The van der Waals surface area contributed by atoms with Crippen molar-refractivity contribution in [3.63, 3.8) is 0 Å². The summed E-state index contributed by atoms with van der Waals surface area (Å²) in [5.41, 5.74) is 1.63. The molecule has 1 heterocycles. The van der Waals surface area contributed by atoms with E-state index >= 15 is 0 Å². The lowest BCUT2D eigenvalue weighted by molar-refractivity contribution is -0.144. The molecule has 0 unspecified atom stereocenters. The van der Waals surface area contributed by atoms with Gasteiger partial charge in [0.05, 0.1) is 11.8 Å². The summed E-state index contributed by atoms with van der Waals surface area (Å²) in [7, 11) is 0. The van der Waals surface area contributed by atoms with E-state index in [9.17, 15) is 19.2 Å². The van der Waals surface area contributed by atoms with Crippen molar-refractivity contribution >= 4 is 35.2 Å². The van der Waals surface area contributed by atoms with Crippen LogP contribution in [0.4, 0.5) is 0 Å². The zero-order chi connectivity index (χ0) is 27.9. The Morgan fingerprint density at radius 3 is 2.21 bits per heavy atom. The first-order chi connectivity index (χ1) is 18.8. The third kappa shape index (κ3) is 6.95. The molecule has 1 N–H and O–H groups in total. The first kappa shape index (κ1) is 28.6. The molecule has 1 aliphatic heterocycles. The molecule has 0 aromatic heterocycles. The van der Waals surface area contributed by atoms with Crippen LogP contribution in [0, 0.1) is 17.8 Å². The predicted octanol–water partition coefficient (Wildman–Crippen LogP) is 4.39. The van der Waals surface area contributed by atoms with Crippen LogP contribution in [0.25, 0.3) is 0 Å². The molecule has 2 aromatic rings. The highest BCUT2D eigenvalue weighted by Gasteiger charge is 2.47. The summed E-state index contributed by atoms with van der Waals surface area (Å²) in [5, 5.41) is 3.49. The number of benzene rings is 2. The Kier molecular flexibility index (Phi) is 9.57. The Balaban J connectivity index is 1.59. The van der Waals surface area contributed by atoms with E-state index < -0.39 is 6.04 Å². The van der Waals surface area contributed by atoms with Gasteiger partial charge in [-0.25, -0.2) is 0 Å². The SMILES string of the molecule is CC(C)CNC(=O)[C@H](Cc1ccccc1)N(Cc1ccccc1Cl)C(=O)CCN1C(=O)[C@H]2CC=CC[C@H]2C1=O. The summed E-state index contributed by atoms with van der Waals surface area (Å²) in [6.45, 7) is 4.62. The van der Waals surface area contributed by atoms with Gasteiger partial charge in [0.1, 0.15) is 6.04 Å². The number of likely N-dealkylation sites (tertiary alicyclic amines) is 1. The molecule has 0 spiro atoms. The smallest absolute Gasteiger partial charge is 0.243 e. The monoisotopic (exact) mass is 549 g/mol. The second kappa shape index (κ2) is 13.1. The van der Waals surface area contributed by atoms with Gasteiger partial charge in [-0.2, -0.15) is 0 Å². The average Bonchev–Trinajstić information content (AvgIpc) is 3.18. The number of carbonyl (C=O) groups is 4. The van der Waals surface area contributed by atoms with Gasteiger partial charge in [-0.1, -0.05) is 86.1 Å². The maximum atomic E-state index is 13.9. The van der Waals surface area contributed by atoms with Crippen molar-refractivity contribution in [1.29, 1.82) is 0 Å². The van der Waals surface area contributed by atoms with Crippen molar-refractivity contribution in [2.45, 2.75) is 52.1 Å². The normalized spacial score (nSPS) is 19.2. The van der Waals surface area contributed by atoms with E-state index in [4.69, 9.17) is 11.6 Å². The van der Waals surface area contributed by atoms with Gasteiger partial charge in [0.2, 0.25) is 23.6 Å². The molecule has 3 atom stereocenters. The first-order valence-corrected chi connectivity index (χ1v) is 14.0. The van der Waals surface area contributed by atoms with Gasteiger partial charge in [0.15, 0.2) is 0 Å². The van der Waals surface area contributed by atoms with Gasteiger partial charge in [0.25, 0.3) is 0 Å². The van der Waals surface area contributed by atoms with Crippen molar-refractivity contribution in [2.24, 2.45) is 17.8 Å². The van der Waals surface area contributed by atoms with E-state index in [-0.39, 0.29) is 60.9 Å². The van der Waals surface area contributed by atoms with E-state index in [1.807, 2.05) is 74.5 Å². The molecule has 0 bridgehead atoms. The number of nitrogens with zero attached hydrogens (tertiary/aromatic N) is 2. The lowest BCUT2D eigenvalue weighted by Gasteiger charge is -2.32. The number of fused-ring (bicyclic) bond motifs is 1. The summed E-state index contributed by atoms with van der Waals surface area (Å²) in [6.07, 6.45) is 5.23. The fraction of sp³-hybridized carbons (Fsp3) is 0.419. The molecule has 39 heavy (non-hydrogen) atoms.